The first kappa shape index (κ1) is 13.8. The van der Waals surface area contributed by atoms with Crippen LogP contribution in [0.15, 0.2) is 12.2 Å². The van der Waals surface area contributed by atoms with E-state index in [0.29, 0.717) is 6.61 Å². The van der Waals surface area contributed by atoms with Gasteiger partial charge in [0.05, 0.1) is 19.5 Å². The summed E-state index contributed by atoms with van der Waals surface area (Å²) in [6.45, 7) is 6.87. The van der Waals surface area contributed by atoms with Gasteiger partial charge >= 0.3 is 0 Å². The Hall–Kier alpha value is -0.173. The van der Waals surface area contributed by atoms with Crippen molar-refractivity contribution in [2.45, 2.75) is 19.6 Å². The minimum atomic E-state index is -3.32. The normalized spacial score (nSPS) is 13.7. The van der Waals surface area contributed by atoms with E-state index in [0.717, 1.165) is 6.26 Å². The fraction of sp³-hybridized carbons (Fsp3) is 0.750. The van der Waals surface area contributed by atoms with Gasteiger partial charge in [0, 0.05) is 0 Å². The Balaban J connectivity index is 3.57. The molecule has 0 rings (SSSR count). The first-order valence-corrected chi connectivity index (χ1v) is 9.56. The molecule has 0 fully saturated rings. The van der Waals surface area contributed by atoms with Crippen LogP contribution in [0.4, 0.5) is 0 Å². The average Bonchev–Trinajstić information content (AvgIpc) is 1.92. The summed E-state index contributed by atoms with van der Waals surface area (Å²) in [4.78, 5) is 0. The molecule has 0 amide bonds. The molecular formula is C8H18O4SSi. The summed E-state index contributed by atoms with van der Waals surface area (Å²) >= 11 is 0. The van der Waals surface area contributed by atoms with Crippen LogP contribution in [-0.4, -0.2) is 36.2 Å². The molecule has 0 saturated carbocycles. The minimum absolute atomic E-state index is 0.0773. The van der Waals surface area contributed by atoms with E-state index in [2.05, 4.69) is 23.8 Å². The highest BCUT2D eigenvalue weighted by atomic mass is 32.2. The predicted octanol–water partition coefficient (Wildman–Crippen LogP) is 1.37. The van der Waals surface area contributed by atoms with Crippen molar-refractivity contribution in [3.05, 3.63) is 12.2 Å². The van der Waals surface area contributed by atoms with Crippen LogP contribution in [0.3, 0.4) is 0 Å². The van der Waals surface area contributed by atoms with Crippen LogP contribution in [0.25, 0.3) is 0 Å². The van der Waals surface area contributed by atoms with Crippen LogP contribution < -0.4 is 0 Å². The maximum atomic E-state index is 10.5. The van der Waals surface area contributed by atoms with Crippen molar-refractivity contribution in [3.63, 3.8) is 0 Å². The Morgan fingerprint density at radius 1 is 1.14 bits per heavy atom. The first-order chi connectivity index (χ1) is 6.21. The molecule has 0 atom stereocenters. The van der Waals surface area contributed by atoms with Crippen LogP contribution >= 0.6 is 0 Å². The quantitative estimate of drug-likeness (QED) is 0.398. The van der Waals surface area contributed by atoms with E-state index in [1.165, 1.54) is 0 Å². The third kappa shape index (κ3) is 11.8. The van der Waals surface area contributed by atoms with E-state index in [1.54, 1.807) is 12.2 Å². The van der Waals surface area contributed by atoms with Crippen LogP contribution in [0.1, 0.15) is 0 Å². The monoisotopic (exact) mass is 238 g/mol. The van der Waals surface area contributed by atoms with Gasteiger partial charge in [0.2, 0.25) is 0 Å². The molecule has 6 heteroatoms. The summed E-state index contributed by atoms with van der Waals surface area (Å²) in [6.07, 6.45) is 4.43. The summed E-state index contributed by atoms with van der Waals surface area (Å²) in [5.41, 5.74) is 0. The lowest BCUT2D eigenvalue weighted by molar-refractivity contribution is 0.347. The van der Waals surface area contributed by atoms with E-state index in [9.17, 15) is 8.42 Å². The van der Waals surface area contributed by atoms with E-state index in [1.807, 2.05) is 0 Å². The summed E-state index contributed by atoms with van der Waals surface area (Å²) < 4.78 is 31.1. The highest BCUT2D eigenvalue weighted by Crippen LogP contribution is 2.01. The standard InChI is InChI=1S/C8H18O4SSi/c1-13(9,10)11-7-5-6-8-12-14(2,3)4/h5-6H,7-8H2,1-4H3/b6-5+. The third-order valence-electron chi connectivity index (χ3n) is 1.16. The van der Waals surface area contributed by atoms with Crippen molar-refractivity contribution in [2.75, 3.05) is 19.5 Å². The molecule has 14 heavy (non-hydrogen) atoms. The van der Waals surface area contributed by atoms with Gasteiger partial charge in [0.1, 0.15) is 0 Å². The molecular weight excluding hydrogens is 220 g/mol. The second kappa shape index (κ2) is 5.65. The lowest BCUT2D eigenvalue weighted by Gasteiger charge is -2.14. The zero-order valence-corrected chi connectivity index (χ0v) is 10.9. The third-order valence-corrected chi connectivity index (χ3v) is 2.75. The minimum Gasteiger partial charge on any atom is -0.414 e. The molecule has 0 spiro atoms. The van der Waals surface area contributed by atoms with Gasteiger partial charge in [-0.3, -0.25) is 4.18 Å². The lowest BCUT2D eigenvalue weighted by atomic mass is 10.5. The van der Waals surface area contributed by atoms with Gasteiger partial charge in [-0.1, -0.05) is 12.2 Å². The smallest absolute Gasteiger partial charge is 0.264 e. The number of rotatable bonds is 6. The maximum Gasteiger partial charge on any atom is 0.264 e. The topological polar surface area (TPSA) is 52.6 Å². The summed E-state index contributed by atoms with van der Waals surface area (Å²) in [7, 11) is -4.79. The molecule has 0 aromatic heterocycles. The molecule has 0 aliphatic heterocycles. The van der Waals surface area contributed by atoms with Crippen molar-refractivity contribution in [3.8, 4) is 0 Å². The second-order valence-electron chi connectivity index (χ2n) is 3.88. The van der Waals surface area contributed by atoms with Gasteiger partial charge in [-0.15, -0.1) is 0 Å². The van der Waals surface area contributed by atoms with Gasteiger partial charge < -0.3 is 4.43 Å². The summed E-state index contributed by atoms with van der Waals surface area (Å²) in [6, 6.07) is 0. The van der Waals surface area contributed by atoms with Gasteiger partial charge in [-0.05, 0) is 19.6 Å². The van der Waals surface area contributed by atoms with Crippen molar-refractivity contribution in [1.29, 1.82) is 0 Å². The Kier molecular flexibility index (Phi) is 5.58. The average molecular weight is 238 g/mol. The molecule has 0 aliphatic carbocycles. The Labute approximate surface area is 87.2 Å². The number of hydrogen-bond donors (Lipinski definition) is 0. The molecule has 4 nitrogen and oxygen atoms in total. The Morgan fingerprint density at radius 3 is 2.07 bits per heavy atom. The zero-order chi connectivity index (χ0) is 11.2. The van der Waals surface area contributed by atoms with Gasteiger partial charge in [0.25, 0.3) is 10.1 Å². The highest BCUT2D eigenvalue weighted by Gasteiger charge is 2.12. The van der Waals surface area contributed by atoms with E-state index >= 15 is 0 Å². The Bertz CT molecular complexity index is 276. The van der Waals surface area contributed by atoms with Crippen molar-refractivity contribution in [2.24, 2.45) is 0 Å². The fourth-order valence-electron chi connectivity index (χ4n) is 0.597. The lowest BCUT2D eigenvalue weighted by Crippen LogP contribution is -2.25. The van der Waals surface area contributed by atoms with E-state index in [4.69, 9.17) is 4.43 Å². The highest BCUT2D eigenvalue weighted by molar-refractivity contribution is 7.85. The van der Waals surface area contributed by atoms with E-state index < -0.39 is 18.4 Å². The predicted molar refractivity (Wildman–Crippen MR) is 59.2 cm³/mol. The van der Waals surface area contributed by atoms with Crippen LogP contribution in [-0.2, 0) is 18.7 Å². The molecule has 84 valence electrons. The van der Waals surface area contributed by atoms with Crippen molar-refractivity contribution < 1.29 is 17.0 Å². The van der Waals surface area contributed by atoms with Gasteiger partial charge in [0.15, 0.2) is 8.32 Å². The maximum absolute atomic E-state index is 10.5. The zero-order valence-electron chi connectivity index (χ0n) is 9.11. The molecule has 0 aromatic carbocycles. The van der Waals surface area contributed by atoms with Crippen molar-refractivity contribution in [1.82, 2.24) is 0 Å². The SMILES string of the molecule is C[Si](C)(C)OC/C=C/COS(C)(=O)=O. The van der Waals surface area contributed by atoms with Gasteiger partial charge in [-0.2, -0.15) is 8.42 Å². The number of hydrogen-bond acceptors (Lipinski definition) is 4. The molecule has 0 heterocycles. The van der Waals surface area contributed by atoms with Crippen molar-refractivity contribution >= 4 is 18.4 Å². The summed E-state index contributed by atoms with van der Waals surface area (Å²) in [5.74, 6) is 0. The van der Waals surface area contributed by atoms with E-state index in [-0.39, 0.29) is 6.61 Å². The second-order valence-corrected chi connectivity index (χ2v) is 10.0. The molecule has 0 bridgehead atoms. The van der Waals surface area contributed by atoms with Crippen LogP contribution in [0, 0.1) is 0 Å². The fourth-order valence-corrected chi connectivity index (χ4v) is 1.52. The Morgan fingerprint density at radius 2 is 1.64 bits per heavy atom. The molecule has 0 unspecified atom stereocenters. The molecule has 0 N–H and O–H groups in total. The molecule has 0 radical (unpaired) electrons. The van der Waals surface area contributed by atoms with Crippen LogP contribution in [0.5, 0.6) is 0 Å². The summed E-state index contributed by atoms with van der Waals surface area (Å²) in [5, 5.41) is 0. The molecule has 0 aliphatic rings. The molecule has 0 aromatic rings. The largest absolute Gasteiger partial charge is 0.414 e. The molecule has 0 saturated heterocycles. The van der Waals surface area contributed by atoms with Crippen LogP contribution in [0.2, 0.25) is 19.6 Å². The van der Waals surface area contributed by atoms with Gasteiger partial charge in [-0.25, -0.2) is 0 Å². The first-order valence-electron chi connectivity index (χ1n) is 4.34.